The molecule has 0 aliphatic carbocycles. The van der Waals surface area contributed by atoms with Crippen LogP contribution in [-0.2, 0) is 71.5 Å². The summed E-state index contributed by atoms with van der Waals surface area (Å²) in [5.41, 5.74) is 0. The van der Waals surface area contributed by atoms with E-state index >= 15 is 0 Å². The molecule has 164 valence electrons. The molecule has 0 spiro atoms. The van der Waals surface area contributed by atoms with Crippen LogP contribution in [0.5, 0.6) is 0 Å². The number of rotatable bonds is 9. The van der Waals surface area contributed by atoms with E-state index < -0.39 is 78.4 Å². The fourth-order valence-electron chi connectivity index (χ4n) is 0.698. The van der Waals surface area contributed by atoms with Crippen molar-refractivity contribution in [3.05, 3.63) is 0 Å². The van der Waals surface area contributed by atoms with E-state index in [2.05, 4.69) is 0 Å². The fourth-order valence-corrected chi connectivity index (χ4v) is 2.09. The predicted molar refractivity (Wildman–Crippen MR) is 74.2 cm³/mol. The van der Waals surface area contributed by atoms with Gasteiger partial charge in [0.2, 0.25) is 0 Å². The Morgan fingerprint density at radius 2 is 0.655 bits per heavy atom. The van der Waals surface area contributed by atoms with Gasteiger partial charge in [0.05, 0.1) is 0 Å². The van der Waals surface area contributed by atoms with Gasteiger partial charge in [0.1, 0.15) is 0 Å². The van der Waals surface area contributed by atoms with Gasteiger partial charge in [-0.05, 0) is 18.5 Å². The van der Waals surface area contributed by atoms with Gasteiger partial charge in [0.25, 0.3) is 0 Å². The molecule has 0 saturated heterocycles. The molecule has 0 aromatic heterocycles. The third-order valence-corrected chi connectivity index (χ3v) is 4.11. The van der Waals surface area contributed by atoms with E-state index in [1.165, 1.54) is 0 Å². The van der Waals surface area contributed by atoms with Crippen LogP contribution in [0.2, 0.25) is 0 Å². The van der Waals surface area contributed by atoms with E-state index in [-0.39, 0.29) is 43.4 Å². The van der Waals surface area contributed by atoms with E-state index in [0.717, 1.165) is 0 Å². The summed E-state index contributed by atoms with van der Waals surface area (Å²) in [6, 6.07) is 0. The average Bonchev–Trinajstić information content (AvgIpc) is 2.40. The molecule has 0 aliphatic rings. The molecule has 0 saturated carbocycles. The van der Waals surface area contributed by atoms with Crippen molar-refractivity contribution in [2.24, 2.45) is 0 Å². The first-order chi connectivity index (χ1) is 11.7. The number of hydrogen-bond donors (Lipinski definition) is 3. The first kappa shape index (κ1) is 39.7. The van der Waals surface area contributed by atoms with Crippen LogP contribution < -0.4 is 29.4 Å². The van der Waals surface area contributed by atoms with E-state index in [1.54, 1.807) is 0 Å². The van der Waals surface area contributed by atoms with Crippen molar-refractivity contribution in [1.29, 1.82) is 0 Å². The molecule has 0 fully saturated rings. The molecule has 0 aromatic carbocycles. The maximum atomic E-state index is 9.74. The molecule has 0 aromatic rings. The van der Waals surface area contributed by atoms with Crippen LogP contribution in [0.3, 0.4) is 0 Å². The smallest absolute Gasteiger partial charge is 0.811 e. The van der Waals surface area contributed by atoms with Gasteiger partial charge in [-0.15, -0.1) is 0 Å². The van der Waals surface area contributed by atoms with Crippen LogP contribution in [0.15, 0.2) is 0 Å². The summed E-state index contributed by atoms with van der Waals surface area (Å²) >= 11 is 0. The largest absolute Gasteiger partial charge is 3.00 e. The number of carboxylic acids is 3. The maximum Gasteiger partial charge on any atom is 3.00 e. The molecule has 29 heavy (non-hydrogen) atoms. The third kappa shape index (κ3) is 58.5. The minimum Gasteiger partial charge on any atom is -0.811 e. The molecule has 0 bridgehead atoms. The van der Waals surface area contributed by atoms with Crippen LogP contribution >= 0.6 is 22.8 Å². The molecule has 15 nitrogen and oxygen atoms in total. The Bertz CT molecular complexity index is 535. The zero-order valence-electron chi connectivity index (χ0n) is 14.3. The van der Waals surface area contributed by atoms with Crippen molar-refractivity contribution >= 4 is 40.7 Å². The summed E-state index contributed by atoms with van der Waals surface area (Å²) in [5, 5.41) is 23.6. The first-order valence-electron chi connectivity index (χ1n) is 6.44. The minimum absolute atomic E-state index is 0. The molecule has 0 rings (SSSR count). The molecular weight excluding hydrogens is 537 g/mol. The second-order valence-electron chi connectivity index (χ2n) is 4.43. The Labute approximate surface area is 194 Å². The number of carboxylic acid groups (broad SMARTS) is 3. The Kier molecular flexibility index (Phi) is 26.0. The van der Waals surface area contributed by atoms with Crippen molar-refractivity contribution in [2.45, 2.75) is 19.3 Å². The molecule has 2 radical (unpaired) electrons. The van der Waals surface area contributed by atoms with Gasteiger partial charge in [-0.2, -0.15) is 0 Å². The second kappa shape index (κ2) is 19.0. The summed E-state index contributed by atoms with van der Waals surface area (Å²) in [7, 11) is -13.8. The van der Waals surface area contributed by atoms with Crippen LogP contribution in [0.25, 0.3) is 0 Å². The van der Waals surface area contributed by atoms with Crippen LogP contribution in [0.4, 0.5) is 0 Å². The summed E-state index contributed by atoms with van der Waals surface area (Å²) in [6.07, 6.45) is -4.23. The maximum absolute atomic E-state index is 9.74. The predicted octanol–water partition coefficient (Wildman–Crippen LogP) is -4.88. The van der Waals surface area contributed by atoms with Crippen molar-refractivity contribution in [3.8, 4) is 0 Å². The Hall–Kier alpha value is 0.289. The monoisotopic (exact) mass is 552 g/mol. The Morgan fingerprint density at radius 3 is 0.690 bits per heavy atom. The number of carbonyl (C=O) groups is 3. The van der Waals surface area contributed by atoms with Crippen molar-refractivity contribution in [1.82, 2.24) is 0 Å². The normalized spacial score (nSPS) is 10.6. The number of hydrogen-bond acceptors (Lipinski definition) is 12. The van der Waals surface area contributed by atoms with Crippen LogP contribution in [0, 0.1) is 0 Å². The van der Waals surface area contributed by atoms with E-state index in [4.69, 9.17) is 15.3 Å². The standard InChI is InChI=1S/3C3H7O5P.2Ti/c3*4-3(5)1-2-9(6,7)8;;/h3*1-2H2,(H,4,5)(H2,6,7,8);;/q;;;2*+3/p-6. The molecule has 0 aliphatic heterocycles. The summed E-state index contributed by atoms with van der Waals surface area (Å²) < 4.78 is 29.2. The van der Waals surface area contributed by atoms with E-state index in [0.29, 0.717) is 0 Å². The Balaban J connectivity index is -0.0000000960. The van der Waals surface area contributed by atoms with Gasteiger partial charge in [-0.25, -0.2) is 0 Å². The van der Waals surface area contributed by atoms with E-state index in [1.807, 2.05) is 0 Å². The summed E-state index contributed by atoms with van der Waals surface area (Å²) in [6.45, 7) is 0. The van der Waals surface area contributed by atoms with Crippen LogP contribution in [0.1, 0.15) is 19.3 Å². The quantitative estimate of drug-likeness (QED) is 0.178. The zero-order valence-corrected chi connectivity index (χ0v) is 20.1. The van der Waals surface area contributed by atoms with Gasteiger partial charge in [-0.1, -0.05) is 22.8 Å². The molecule has 0 heterocycles. The molecular formula is C9H15O15P3Ti2. The van der Waals surface area contributed by atoms with Crippen LogP contribution in [-0.4, -0.2) is 51.7 Å². The Morgan fingerprint density at radius 1 is 0.517 bits per heavy atom. The van der Waals surface area contributed by atoms with Gasteiger partial charge in [0.15, 0.2) is 0 Å². The molecule has 3 N–H and O–H groups in total. The van der Waals surface area contributed by atoms with Crippen molar-refractivity contribution in [3.63, 3.8) is 0 Å². The van der Waals surface area contributed by atoms with E-state index in [9.17, 15) is 57.4 Å². The molecule has 0 amide bonds. The van der Waals surface area contributed by atoms with Crippen molar-refractivity contribution in [2.75, 3.05) is 18.5 Å². The SMILES string of the molecule is O=C(O)CCP(=O)([O-])[O-].O=C(O)CCP(=O)([O-])[O-].O=C(O)CCP(=O)([O-])[O-].[Ti+3].[Ti+3]. The fraction of sp³-hybridized carbons (Fsp3) is 0.667. The first-order valence-corrected chi connectivity index (χ1v) is 11.6. The van der Waals surface area contributed by atoms with Gasteiger partial charge in [-0.3, -0.25) is 14.4 Å². The van der Waals surface area contributed by atoms with Crippen molar-refractivity contribution < 1.29 is 116 Å². The minimum atomic E-state index is -4.60. The molecule has 20 heteroatoms. The van der Waals surface area contributed by atoms with Gasteiger partial charge < -0.3 is 58.4 Å². The van der Waals surface area contributed by atoms with Gasteiger partial charge >= 0.3 is 61.3 Å². The summed E-state index contributed by atoms with van der Waals surface area (Å²) in [5.74, 6) is -3.83. The second-order valence-corrected chi connectivity index (χ2v) is 9.44. The molecule has 0 atom stereocenters. The average molecular weight is 552 g/mol. The topological polar surface area (TPSA) is 301 Å². The number of aliphatic carboxylic acids is 3. The summed E-state index contributed by atoms with van der Waals surface area (Å²) in [4.78, 5) is 87.4. The van der Waals surface area contributed by atoms with Gasteiger partial charge in [0, 0.05) is 19.3 Å². The third-order valence-electron chi connectivity index (χ3n) is 1.80. The zero-order chi connectivity index (χ0) is 22.5. The molecule has 0 unspecified atom stereocenters.